The molecular weight excluding hydrogens is 519 g/mol. The summed E-state index contributed by atoms with van der Waals surface area (Å²) in [6.45, 7) is 4.23. The Morgan fingerprint density at radius 1 is 1.13 bits per heavy atom. The van der Waals surface area contributed by atoms with Crippen LogP contribution >= 0.6 is 23.5 Å². The molecule has 210 valence electrons. The van der Waals surface area contributed by atoms with E-state index in [4.69, 9.17) is 5.73 Å². The number of carbonyl (C=O) groups excluding carboxylic acids is 1. The summed E-state index contributed by atoms with van der Waals surface area (Å²) in [5, 5.41) is 12.4. The van der Waals surface area contributed by atoms with Crippen LogP contribution in [-0.2, 0) is 4.79 Å². The first-order valence-corrected chi connectivity index (χ1v) is 16.5. The Kier molecular flexibility index (Phi) is 15.1. The number of thioether (sulfide) groups is 2. The Morgan fingerprint density at radius 3 is 2.49 bits per heavy atom. The Labute approximate surface area is 256 Å². The van der Waals surface area contributed by atoms with Gasteiger partial charge in [-0.2, -0.15) is 23.5 Å². The third-order valence-corrected chi connectivity index (χ3v) is 9.44. The zero-order valence-corrected chi connectivity index (χ0v) is 25.7. The standard InChI is InChI=1S/C31H44N2O3S2.Li.H/c1-4-38-20-24(18-22-11-6-5-7-12-22)29(32)23-14-15-26(27(19-23)25-13-9-8-10-21(25)2)30(34)33-28(31(35)36)16-17-37-3;;/h8-10,13-15,19,22,24,28-29H,4-7,11-12,16-18,20,32H2,1-3H3,(H,33,34)(H,35,36);;/q;+1;-1. The Bertz CT molecular complexity index is 1070. The molecule has 0 aliphatic heterocycles. The van der Waals surface area contributed by atoms with Gasteiger partial charge in [0, 0.05) is 11.6 Å². The number of carboxylic acids is 1. The summed E-state index contributed by atoms with van der Waals surface area (Å²) >= 11 is 3.52. The number of nitrogens with one attached hydrogen (secondary N) is 1. The molecule has 1 fully saturated rings. The first-order chi connectivity index (χ1) is 18.3. The second kappa shape index (κ2) is 17.5. The normalized spacial score (nSPS) is 16.1. The Morgan fingerprint density at radius 2 is 1.85 bits per heavy atom. The minimum absolute atomic E-state index is 0. The molecule has 0 spiro atoms. The van der Waals surface area contributed by atoms with E-state index in [2.05, 4.69) is 18.3 Å². The quantitative estimate of drug-likeness (QED) is 0.300. The van der Waals surface area contributed by atoms with E-state index in [-0.39, 0.29) is 32.2 Å². The molecule has 1 amide bonds. The van der Waals surface area contributed by atoms with Gasteiger partial charge in [0.2, 0.25) is 0 Å². The van der Waals surface area contributed by atoms with Crippen molar-refractivity contribution in [2.24, 2.45) is 17.6 Å². The number of rotatable bonds is 14. The zero-order valence-electron chi connectivity index (χ0n) is 25.1. The number of benzene rings is 2. The zero-order chi connectivity index (χ0) is 27.5. The van der Waals surface area contributed by atoms with E-state index in [0.717, 1.165) is 46.1 Å². The molecule has 0 heterocycles. The van der Waals surface area contributed by atoms with Gasteiger partial charge in [0.1, 0.15) is 6.04 Å². The van der Waals surface area contributed by atoms with Gasteiger partial charge in [0.05, 0.1) is 0 Å². The van der Waals surface area contributed by atoms with Gasteiger partial charge in [-0.15, -0.1) is 0 Å². The van der Waals surface area contributed by atoms with Crippen molar-refractivity contribution in [2.75, 3.05) is 23.5 Å². The second-order valence-corrected chi connectivity index (χ2v) is 12.8. The van der Waals surface area contributed by atoms with Crippen LogP contribution in [0.25, 0.3) is 11.1 Å². The fourth-order valence-electron chi connectivity index (χ4n) is 5.50. The molecule has 3 atom stereocenters. The molecule has 5 nitrogen and oxygen atoms in total. The van der Waals surface area contributed by atoms with Gasteiger partial charge < -0.3 is 17.6 Å². The van der Waals surface area contributed by atoms with Crippen LogP contribution in [0.1, 0.15) is 80.8 Å². The molecule has 3 unspecified atom stereocenters. The van der Waals surface area contributed by atoms with Gasteiger partial charge in [-0.05, 0) is 89.5 Å². The Balaban J connectivity index is 0.00000400. The van der Waals surface area contributed by atoms with Crippen molar-refractivity contribution in [1.29, 1.82) is 0 Å². The van der Waals surface area contributed by atoms with Crippen molar-refractivity contribution in [2.45, 2.75) is 70.9 Å². The molecular formula is C31H45LiN2O3S2. The largest absolute Gasteiger partial charge is 1.00 e. The van der Waals surface area contributed by atoms with Crippen molar-refractivity contribution >= 4 is 35.4 Å². The van der Waals surface area contributed by atoms with Crippen LogP contribution in [0.15, 0.2) is 42.5 Å². The number of nitrogens with two attached hydrogens (primary N) is 1. The molecule has 0 saturated heterocycles. The summed E-state index contributed by atoms with van der Waals surface area (Å²) in [7, 11) is 0. The van der Waals surface area contributed by atoms with Gasteiger partial charge in [-0.3, -0.25) is 4.79 Å². The van der Waals surface area contributed by atoms with Gasteiger partial charge in [0.15, 0.2) is 0 Å². The second-order valence-electron chi connectivity index (χ2n) is 10.5. The number of aliphatic carboxylic acids is 1. The number of amides is 1. The van der Waals surface area contributed by atoms with Crippen molar-refractivity contribution in [3.05, 3.63) is 59.2 Å². The summed E-state index contributed by atoms with van der Waals surface area (Å²) < 4.78 is 0. The fraction of sp³-hybridized carbons (Fsp3) is 0.548. The minimum atomic E-state index is -1.01. The molecule has 2 aromatic rings. The van der Waals surface area contributed by atoms with E-state index < -0.39 is 12.0 Å². The maximum Gasteiger partial charge on any atom is 1.00 e. The van der Waals surface area contributed by atoms with Gasteiger partial charge in [-0.1, -0.05) is 69.4 Å². The first-order valence-electron chi connectivity index (χ1n) is 13.9. The molecule has 39 heavy (non-hydrogen) atoms. The SMILES string of the molecule is CCSCC(CC1CCCCC1)C(N)c1ccc(C(=O)NC(CCSC)C(=O)O)c(-c2ccccc2C)c1.[H-].[Li+]. The van der Waals surface area contributed by atoms with Crippen LogP contribution in [0.3, 0.4) is 0 Å². The van der Waals surface area contributed by atoms with E-state index >= 15 is 0 Å². The summed E-state index contributed by atoms with van der Waals surface area (Å²) in [4.78, 5) is 25.2. The topological polar surface area (TPSA) is 92.4 Å². The van der Waals surface area contributed by atoms with E-state index in [1.807, 2.05) is 61.3 Å². The van der Waals surface area contributed by atoms with Crippen LogP contribution in [-0.4, -0.2) is 46.5 Å². The van der Waals surface area contributed by atoms with Crippen LogP contribution in [0.4, 0.5) is 0 Å². The summed E-state index contributed by atoms with van der Waals surface area (Å²) in [6.07, 6.45) is 10.0. The molecule has 3 rings (SSSR count). The third-order valence-electron chi connectivity index (χ3n) is 7.73. The smallest absolute Gasteiger partial charge is 1.00 e. The maximum absolute atomic E-state index is 13.4. The van der Waals surface area contributed by atoms with E-state index in [1.165, 1.54) is 32.1 Å². The number of hydrogen-bond donors (Lipinski definition) is 3. The van der Waals surface area contributed by atoms with Crippen LogP contribution in [0.2, 0.25) is 0 Å². The molecule has 1 aliphatic carbocycles. The predicted octanol–water partition coefficient (Wildman–Crippen LogP) is 4.05. The molecule has 8 heteroatoms. The third kappa shape index (κ3) is 9.90. The van der Waals surface area contributed by atoms with Crippen LogP contribution < -0.4 is 29.9 Å². The molecule has 4 N–H and O–H groups in total. The fourth-order valence-corrected chi connectivity index (χ4v) is 6.86. The van der Waals surface area contributed by atoms with E-state index in [0.29, 0.717) is 23.7 Å². The average Bonchev–Trinajstić information content (AvgIpc) is 2.93. The predicted molar refractivity (Wildman–Crippen MR) is 164 cm³/mol. The summed E-state index contributed by atoms with van der Waals surface area (Å²) in [5.74, 6) is 2.50. The molecule has 0 radical (unpaired) electrons. The van der Waals surface area contributed by atoms with Crippen molar-refractivity contribution < 1.29 is 35.0 Å². The van der Waals surface area contributed by atoms with Crippen molar-refractivity contribution in [3.63, 3.8) is 0 Å². The average molecular weight is 565 g/mol. The minimum Gasteiger partial charge on any atom is -1.00 e. The molecule has 2 aromatic carbocycles. The molecule has 0 bridgehead atoms. The number of hydrogen-bond acceptors (Lipinski definition) is 5. The molecule has 1 aliphatic rings. The van der Waals surface area contributed by atoms with Crippen molar-refractivity contribution in [3.8, 4) is 11.1 Å². The summed E-state index contributed by atoms with van der Waals surface area (Å²) in [5.41, 5.74) is 11.3. The van der Waals surface area contributed by atoms with Crippen LogP contribution in [0.5, 0.6) is 0 Å². The first kappa shape index (κ1) is 33.8. The Hall–Kier alpha value is -1.36. The van der Waals surface area contributed by atoms with Crippen LogP contribution in [0, 0.1) is 18.8 Å². The molecule has 1 saturated carbocycles. The van der Waals surface area contributed by atoms with Gasteiger partial charge >= 0.3 is 24.8 Å². The van der Waals surface area contributed by atoms with E-state index in [1.54, 1.807) is 11.8 Å². The van der Waals surface area contributed by atoms with Gasteiger partial charge in [-0.25, -0.2) is 4.79 Å². The van der Waals surface area contributed by atoms with E-state index in [9.17, 15) is 14.7 Å². The number of carboxylic acid groups (broad SMARTS) is 1. The van der Waals surface area contributed by atoms with Gasteiger partial charge in [0.25, 0.3) is 5.91 Å². The molecule has 0 aromatic heterocycles. The van der Waals surface area contributed by atoms with Crippen molar-refractivity contribution in [1.82, 2.24) is 5.32 Å². The maximum atomic E-state index is 13.4. The number of aryl methyl sites for hydroxylation is 1. The number of carbonyl (C=O) groups is 2. The summed E-state index contributed by atoms with van der Waals surface area (Å²) in [6, 6.07) is 12.9. The monoisotopic (exact) mass is 564 g/mol.